The SMILES string of the molecule is CCCC(O)Cc1nc(-c2ccc(F)c(C)c2)no1. The van der Waals surface area contributed by atoms with Crippen LogP contribution in [-0.4, -0.2) is 21.4 Å². The van der Waals surface area contributed by atoms with E-state index in [0.717, 1.165) is 6.42 Å². The van der Waals surface area contributed by atoms with Gasteiger partial charge in [0, 0.05) is 5.56 Å². The summed E-state index contributed by atoms with van der Waals surface area (Å²) in [6.07, 6.45) is 1.49. The first kappa shape index (κ1) is 13.7. The number of hydrogen-bond acceptors (Lipinski definition) is 4. The fourth-order valence-corrected chi connectivity index (χ4v) is 1.88. The van der Waals surface area contributed by atoms with Gasteiger partial charge in [-0.25, -0.2) is 4.39 Å². The zero-order chi connectivity index (χ0) is 13.8. The maximum atomic E-state index is 13.2. The fraction of sp³-hybridized carbons (Fsp3) is 0.429. The van der Waals surface area contributed by atoms with Crippen LogP contribution in [0.25, 0.3) is 11.4 Å². The van der Waals surface area contributed by atoms with Crippen LogP contribution in [0.5, 0.6) is 0 Å². The molecule has 0 amide bonds. The summed E-state index contributed by atoms with van der Waals surface area (Å²) in [5.41, 5.74) is 1.24. The molecule has 0 saturated carbocycles. The standard InChI is InChI=1S/C14H17FN2O2/c1-3-4-11(18)8-13-16-14(17-19-13)10-5-6-12(15)9(2)7-10/h5-7,11,18H,3-4,8H2,1-2H3. The van der Waals surface area contributed by atoms with Gasteiger partial charge in [-0.2, -0.15) is 4.98 Å². The molecule has 0 radical (unpaired) electrons. The Labute approximate surface area is 111 Å². The number of benzene rings is 1. The van der Waals surface area contributed by atoms with Crippen molar-refractivity contribution in [2.75, 3.05) is 0 Å². The molecule has 0 aliphatic rings. The van der Waals surface area contributed by atoms with Crippen molar-refractivity contribution in [3.05, 3.63) is 35.5 Å². The Morgan fingerprint density at radius 2 is 2.21 bits per heavy atom. The summed E-state index contributed by atoms with van der Waals surface area (Å²) in [4.78, 5) is 4.21. The Balaban J connectivity index is 2.14. The highest BCUT2D eigenvalue weighted by Gasteiger charge is 2.13. The molecular formula is C14H17FN2O2. The van der Waals surface area contributed by atoms with Crippen molar-refractivity contribution in [1.29, 1.82) is 0 Å². The number of hydrogen-bond donors (Lipinski definition) is 1. The van der Waals surface area contributed by atoms with Gasteiger partial charge in [0.05, 0.1) is 12.5 Å². The van der Waals surface area contributed by atoms with E-state index in [9.17, 15) is 9.50 Å². The number of rotatable bonds is 5. The molecule has 0 aliphatic carbocycles. The molecule has 0 fully saturated rings. The average molecular weight is 264 g/mol. The number of aromatic nitrogens is 2. The Bertz CT molecular complexity index is 554. The van der Waals surface area contributed by atoms with Gasteiger partial charge in [-0.15, -0.1) is 0 Å². The lowest BCUT2D eigenvalue weighted by Gasteiger charge is -2.03. The molecule has 0 spiro atoms. The van der Waals surface area contributed by atoms with Crippen molar-refractivity contribution >= 4 is 0 Å². The van der Waals surface area contributed by atoms with E-state index in [2.05, 4.69) is 10.1 Å². The Morgan fingerprint density at radius 1 is 1.42 bits per heavy atom. The van der Waals surface area contributed by atoms with Gasteiger partial charge in [0.2, 0.25) is 11.7 Å². The van der Waals surface area contributed by atoms with E-state index in [1.807, 2.05) is 6.92 Å². The van der Waals surface area contributed by atoms with Crippen LogP contribution in [-0.2, 0) is 6.42 Å². The summed E-state index contributed by atoms with van der Waals surface area (Å²) < 4.78 is 18.3. The van der Waals surface area contributed by atoms with Crippen LogP contribution in [0.2, 0.25) is 0 Å². The van der Waals surface area contributed by atoms with E-state index < -0.39 is 6.10 Å². The van der Waals surface area contributed by atoms with Crippen molar-refractivity contribution in [1.82, 2.24) is 10.1 Å². The van der Waals surface area contributed by atoms with Crippen molar-refractivity contribution in [3.63, 3.8) is 0 Å². The molecule has 2 aromatic rings. The quantitative estimate of drug-likeness (QED) is 0.902. The van der Waals surface area contributed by atoms with Gasteiger partial charge in [0.1, 0.15) is 5.82 Å². The van der Waals surface area contributed by atoms with Crippen LogP contribution in [0.15, 0.2) is 22.7 Å². The monoisotopic (exact) mass is 264 g/mol. The van der Waals surface area contributed by atoms with Gasteiger partial charge < -0.3 is 9.63 Å². The second-order valence-corrected chi connectivity index (χ2v) is 4.62. The maximum absolute atomic E-state index is 13.2. The lowest BCUT2D eigenvalue weighted by Crippen LogP contribution is -2.09. The van der Waals surface area contributed by atoms with Crippen LogP contribution in [0, 0.1) is 12.7 Å². The lowest BCUT2D eigenvalue weighted by atomic mass is 10.1. The fourth-order valence-electron chi connectivity index (χ4n) is 1.88. The first-order chi connectivity index (χ1) is 9.10. The molecule has 4 nitrogen and oxygen atoms in total. The third-order valence-corrected chi connectivity index (χ3v) is 2.92. The van der Waals surface area contributed by atoms with Gasteiger partial charge in [-0.05, 0) is 37.1 Å². The molecule has 1 aromatic carbocycles. The van der Waals surface area contributed by atoms with E-state index in [4.69, 9.17) is 4.52 Å². The molecule has 1 atom stereocenters. The highest BCUT2D eigenvalue weighted by atomic mass is 19.1. The van der Waals surface area contributed by atoms with Crippen molar-refractivity contribution < 1.29 is 14.0 Å². The molecule has 1 unspecified atom stereocenters. The lowest BCUT2D eigenvalue weighted by molar-refractivity contribution is 0.152. The predicted molar refractivity (Wildman–Crippen MR) is 69.0 cm³/mol. The van der Waals surface area contributed by atoms with Crippen molar-refractivity contribution in [2.24, 2.45) is 0 Å². The smallest absolute Gasteiger partial charge is 0.229 e. The van der Waals surface area contributed by atoms with Crippen LogP contribution in [0.1, 0.15) is 31.2 Å². The molecule has 1 heterocycles. The number of aliphatic hydroxyl groups excluding tert-OH is 1. The highest BCUT2D eigenvalue weighted by molar-refractivity contribution is 5.55. The topological polar surface area (TPSA) is 59.2 Å². The van der Waals surface area contributed by atoms with Gasteiger partial charge >= 0.3 is 0 Å². The van der Waals surface area contributed by atoms with Crippen molar-refractivity contribution in [2.45, 2.75) is 39.2 Å². The predicted octanol–water partition coefficient (Wildman–Crippen LogP) is 2.89. The van der Waals surface area contributed by atoms with Crippen LogP contribution < -0.4 is 0 Å². The minimum atomic E-state index is -0.465. The van der Waals surface area contributed by atoms with Crippen LogP contribution in [0.4, 0.5) is 4.39 Å². The second-order valence-electron chi connectivity index (χ2n) is 4.62. The summed E-state index contributed by atoms with van der Waals surface area (Å²) in [6.45, 7) is 3.69. The molecule has 102 valence electrons. The summed E-state index contributed by atoms with van der Waals surface area (Å²) in [5, 5.41) is 13.5. The number of aryl methyl sites for hydroxylation is 1. The van der Waals surface area contributed by atoms with Gasteiger partial charge in [-0.3, -0.25) is 0 Å². The van der Waals surface area contributed by atoms with Crippen LogP contribution in [0.3, 0.4) is 0 Å². The normalized spacial score (nSPS) is 12.6. The van der Waals surface area contributed by atoms with Gasteiger partial charge in [0.25, 0.3) is 0 Å². The Hall–Kier alpha value is -1.75. The first-order valence-electron chi connectivity index (χ1n) is 6.37. The zero-order valence-corrected chi connectivity index (χ0v) is 11.1. The minimum Gasteiger partial charge on any atom is -0.393 e. The molecule has 19 heavy (non-hydrogen) atoms. The summed E-state index contributed by atoms with van der Waals surface area (Å²) >= 11 is 0. The number of aliphatic hydroxyl groups is 1. The molecule has 1 N–H and O–H groups in total. The molecule has 0 aliphatic heterocycles. The maximum Gasteiger partial charge on any atom is 0.229 e. The van der Waals surface area contributed by atoms with Gasteiger partial charge in [0.15, 0.2) is 0 Å². The molecule has 0 bridgehead atoms. The highest BCUT2D eigenvalue weighted by Crippen LogP contribution is 2.19. The average Bonchev–Trinajstić information content (AvgIpc) is 2.81. The molecular weight excluding hydrogens is 247 g/mol. The first-order valence-corrected chi connectivity index (χ1v) is 6.37. The molecule has 2 rings (SSSR count). The van der Waals surface area contributed by atoms with E-state index >= 15 is 0 Å². The van der Waals surface area contributed by atoms with E-state index in [1.165, 1.54) is 6.07 Å². The van der Waals surface area contributed by atoms with E-state index in [0.29, 0.717) is 35.7 Å². The summed E-state index contributed by atoms with van der Waals surface area (Å²) in [7, 11) is 0. The van der Waals surface area contributed by atoms with E-state index in [1.54, 1.807) is 19.1 Å². The second kappa shape index (κ2) is 5.93. The molecule has 1 aromatic heterocycles. The third kappa shape index (κ3) is 3.38. The Morgan fingerprint density at radius 3 is 2.89 bits per heavy atom. The number of halogens is 1. The summed E-state index contributed by atoms with van der Waals surface area (Å²) in [6, 6.07) is 4.67. The zero-order valence-electron chi connectivity index (χ0n) is 11.1. The van der Waals surface area contributed by atoms with E-state index in [-0.39, 0.29) is 5.82 Å². The largest absolute Gasteiger partial charge is 0.393 e. The number of nitrogens with zero attached hydrogens (tertiary/aromatic N) is 2. The minimum absolute atomic E-state index is 0.258. The van der Waals surface area contributed by atoms with Gasteiger partial charge in [-0.1, -0.05) is 18.5 Å². The molecule has 0 saturated heterocycles. The third-order valence-electron chi connectivity index (χ3n) is 2.92. The van der Waals surface area contributed by atoms with Crippen LogP contribution >= 0.6 is 0 Å². The Kier molecular flexibility index (Phi) is 4.27. The summed E-state index contributed by atoms with van der Waals surface area (Å²) in [5.74, 6) is 0.561. The van der Waals surface area contributed by atoms with Crippen molar-refractivity contribution in [3.8, 4) is 11.4 Å². The molecule has 5 heteroatoms.